The third kappa shape index (κ3) is 3.78. The van der Waals surface area contributed by atoms with Crippen molar-refractivity contribution in [3.05, 3.63) is 59.9 Å². The lowest BCUT2D eigenvalue weighted by Crippen LogP contribution is -2.33. The van der Waals surface area contributed by atoms with E-state index >= 15 is 0 Å². The van der Waals surface area contributed by atoms with Gasteiger partial charge in [-0.3, -0.25) is 4.79 Å². The number of furan rings is 1. The molecule has 2 N–H and O–H groups in total. The van der Waals surface area contributed by atoms with Crippen molar-refractivity contribution in [3.8, 4) is 5.75 Å². The molecule has 0 aliphatic carbocycles. The Kier molecular flexibility index (Phi) is 5.54. The molecular formula is C21H23N3O4. The van der Waals surface area contributed by atoms with Crippen LogP contribution in [0.4, 0.5) is 10.5 Å². The number of hydrogen-bond donors (Lipinski definition) is 2. The number of fused-ring (bicyclic) bond motifs is 1. The van der Waals surface area contributed by atoms with Gasteiger partial charge in [0.2, 0.25) is 0 Å². The summed E-state index contributed by atoms with van der Waals surface area (Å²) in [7, 11) is 4.74. The molecule has 0 radical (unpaired) electrons. The predicted molar refractivity (Wildman–Crippen MR) is 108 cm³/mol. The highest BCUT2D eigenvalue weighted by Gasteiger charge is 2.22. The molecule has 3 amide bonds. The van der Waals surface area contributed by atoms with Gasteiger partial charge in [0.1, 0.15) is 17.1 Å². The normalized spacial score (nSPS) is 11.7. The SMILES string of the molecule is CNC(=O)c1ccc(OC)c(NC(=O)N(C)C(C)c2cc3ccccc3o2)c1. The number of benzene rings is 2. The van der Waals surface area contributed by atoms with Crippen molar-refractivity contribution in [1.29, 1.82) is 0 Å². The minimum Gasteiger partial charge on any atom is -0.495 e. The lowest BCUT2D eigenvalue weighted by atomic mass is 10.1. The molecule has 0 saturated heterocycles. The molecule has 0 aliphatic rings. The lowest BCUT2D eigenvalue weighted by Gasteiger charge is -2.24. The van der Waals surface area contributed by atoms with Gasteiger partial charge in [-0.05, 0) is 37.3 Å². The number of rotatable bonds is 5. The maximum atomic E-state index is 12.8. The predicted octanol–water partition coefficient (Wildman–Crippen LogP) is 4.03. The van der Waals surface area contributed by atoms with Gasteiger partial charge in [-0.25, -0.2) is 4.79 Å². The molecule has 1 aromatic heterocycles. The van der Waals surface area contributed by atoms with Crippen molar-refractivity contribution < 1.29 is 18.7 Å². The molecule has 0 spiro atoms. The number of para-hydroxylation sites is 1. The highest BCUT2D eigenvalue weighted by atomic mass is 16.5. The number of anilines is 1. The van der Waals surface area contributed by atoms with Crippen molar-refractivity contribution in [2.45, 2.75) is 13.0 Å². The first-order chi connectivity index (χ1) is 13.4. The average molecular weight is 381 g/mol. The van der Waals surface area contributed by atoms with E-state index in [2.05, 4.69) is 10.6 Å². The van der Waals surface area contributed by atoms with Crippen molar-refractivity contribution in [2.75, 3.05) is 26.5 Å². The maximum absolute atomic E-state index is 12.8. The fraction of sp³-hybridized carbons (Fsp3) is 0.238. The van der Waals surface area contributed by atoms with Crippen LogP contribution in [0.15, 0.2) is 52.9 Å². The van der Waals surface area contributed by atoms with Gasteiger partial charge < -0.3 is 24.7 Å². The monoisotopic (exact) mass is 381 g/mol. The van der Waals surface area contributed by atoms with E-state index in [1.165, 1.54) is 12.0 Å². The largest absolute Gasteiger partial charge is 0.495 e. The molecule has 7 nitrogen and oxygen atoms in total. The molecule has 0 fully saturated rings. The van der Waals surface area contributed by atoms with Crippen LogP contribution in [0.3, 0.4) is 0 Å². The summed E-state index contributed by atoms with van der Waals surface area (Å²) in [5.74, 6) is 0.901. The molecule has 146 valence electrons. The number of urea groups is 1. The number of ether oxygens (including phenoxy) is 1. The highest BCUT2D eigenvalue weighted by molar-refractivity contribution is 5.98. The molecule has 0 aliphatic heterocycles. The number of nitrogens with one attached hydrogen (secondary N) is 2. The minimum absolute atomic E-state index is 0.248. The fourth-order valence-electron chi connectivity index (χ4n) is 2.87. The van der Waals surface area contributed by atoms with E-state index in [9.17, 15) is 9.59 Å². The van der Waals surface area contributed by atoms with Gasteiger partial charge in [0.05, 0.1) is 18.8 Å². The van der Waals surface area contributed by atoms with E-state index in [-0.39, 0.29) is 18.0 Å². The summed E-state index contributed by atoms with van der Waals surface area (Å²) in [5.41, 5.74) is 1.61. The third-order valence-corrected chi connectivity index (χ3v) is 4.69. The van der Waals surface area contributed by atoms with E-state index in [1.54, 1.807) is 32.3 Å². The van der Waals surface area contributed by atoms with Gasteiger partial charge in [-0.2, -0.15) is 0 Å². The number of methoxy groups -OCH3 is 1. The van der Waals surface area contributed by atoms with Crippen molar-refractivity contribution in [2.24, 2.45) is 0 Å². The van der Waals surface area contributed by atoms with Gasteiger partial charge >= 0.3 is 6.03 Å². The number of nitrogens with zero attached hydrogens (tertiary/aromatic N) is 1. The highest BCUT2D eigenvalue weighted by Crippen LogP contribution is 2.29. The van der Waals surface area contributed by atoms with E-state index in [0.717, 1.165) is 11.0 Å². The van der Waals surface area contributed by atoms with Crippen molar-refractivity contribution in [1.82, 2.24) is 10.2 Å². The van der Waals surface area contributed by atoms with Crippen LogP contribution >= 0.6 is 0 Å². The summed E-state index contributed by atoms with van der Waals surface area (Å²) < 4.78 is 11.2. The minimum atomic E-state index is -0.347. The number of carbonyl (C=O) groups is 2. The van der Waals surface area contributed by atoms with Gasteiger partial charge in [0.15, 0.2) is 0 Å². The molecule has 1 atom stereocenters. The topological polar surface area (TPSA) is 83.8 Å². The summed E-state index contributed by atoms with van der Waals surface area (Å²) in [4.78, 5) is 26.2. The van der Waals surface area contributed by atoms with E-state index < -0.39 is 0 Å². The van der Waals surface area contributed by atoms with Gasteiger partial charge in [0.25, 0.3) is 5.91 Å². The van der Waals surface area contributed by atoms with Crippen LogP contribution in [0.2, 0.25) is 0 Å². The summed E-state index contributed by atoms with van der Waals surface area (Å²) in [6.07, 6.45) is 0. The molecule has 3 rings (SSSR count). The number of amides is 3. The van der Waals surface area contributed by atoms with Crippen LogP contribution in [0.25, 0.3) is 11.0 Å². The second kappa shape index (κ2) is 8.04. The molecule has 1 unspecified atom stereocenters. The summed E-state index contributed by atoms with van der Waals surface area (Å²) in [6.45, 7) is 1.88. The zero-order chi connectivity index (χ0) is 20.3. The van der Waals surface area contributed by atoms with Crippen LogP contribution in [0.5, 0.6) is 5.75 Å². The standard InChI is InChI=1S/C21H23N3O4/c1-13(19-12-14-7-5-6-8-17(14)28-19)24(3)21(26)23-16-11-15(20(25)22-2)9-10-18(16)27-4/h5-13H,1-4H3,(H,22,25)(H,23,26). The molecular weight excluding hydrogens is 358 g/mol. The summed E-state index contributed by atoms with van der Waals surface area (Å²) >= 11 is 0. The average Bonchev–Trinajstić information content (AvgIpc) is 3.16. The Morgan fingerprint density at radius 3 is 2.57 bits per heavy atom. The number of hydrogen-bond acceptors (Lipinski definition) is 4. The first-order valence-electron chi connectivity index (χ1n) is 8.87. The van der Waals surface area contributed by atoms with Crippen LogP contribution in [-0.4, -0.2) is 38.0 Å². The van der Waals surface area contributed by atoms with Gasteiger partial charge in [-0.15, -0.1) is 0 Å². The number of carbonyl (C=O) groups excluding carboxylic acids is 2. The van der Waals surface area contributed by atoms with Gasteiger partial charge in [0, 0.05) is 25.0 Å². The Morgan fingerprint density at radius 1 is 1.14 bits per heavy atom. The summed E-state index contributed by atoms with van der Waals surface area (Å²) in [6, 6.07) is 13.8. The zero-order valence-electron chi connectivity index (χ0n) is 16.3. The van der Waals surface area contributed by atoms with Crippen LogP contribution < -0.4 is 15.4 Å². The smallest absolute Gasteiger partial charge is 0.322 e. The van der Waals surface area contributed by atoms with E-state index in [0.29, 0.717) is 22.8 Å². The molecule has 28 heavy (non-hydrogen) atoms. The van der Waals surface area contributed by atoms with Crippen LogP contribution in [-0.2, 0) is 0 Å². The zero-order valence-corrected chi connectivity index (χ0v) is 16.3. The first-order valence-corrected chi connectivity index (χ1v) is 8.87. The quantitative estimate of drug-likeness (QED) is 0.699. The van der Waals surface area contributed by atoms with Crippen LogP contribution in [0, 0.1) is 0 Å². The van der Waals surface area contributed by atoms with Crippen molar-refractivity contribution >= 4 is 28.6 Å². The molecule has 3 aromatic rings. The Labute approximate surface area is 163 Å². The van der Waals surface area contributed by atoms with Crippen LogP contribution in [0.1, 0.15) is 29.1 Å². The second-order valence-electron chi connectivity index (χ2n) is 6.40. The van der Waals surface area contributed by atoms with Gasteiger partial charge in [-0.1, -0.05) is 18.2 Å². The van der Waals surface area contributed by atoms with E-state index in [1.807, 2.05) is 37.3 Å². The fourth-order valence-corrected chi connectivity index (χ4v) is 2.87. The maximum Gasteiger partial charge on any atom is 0.322 e. The Bertz CT molecular complexity index is 979. The lowest BCUT2D eigenvalue weighted by molar-refractivity contribution is 0.0963. The van der Waals surface area contributed by atoms with E-state index in [4.69, 9.17) is 9.15 Å². The molecule has 0 saturated carbocycles. The molecule has 0 bridgehead atoms. The third-order valence-electron chi connectivity index (χ3n) is 4.69. The second-order valence-corrected chi connectivity index (χ2v) is 6.40. The Balaban J connectivity index is 1.80. The Hall–Kier alpha value is -3.48. The molecule has 7 heteroatoms. The van der Waals surface area contributed by atoms with Crippen molar-refractivity contribution in [3.63, 3.8) is 0 Å². The summed E-state index contributed by atoms with van der Waals surface area (Å²) in [5, 5.41) is 6.35. The molecule has 2 aromatic carbocycles. The Morgan fingerprint density at radius 2 is 1.89 bits per heavy atom. The first kappa shape index (κ1) is 19.3. The molecule has 1 heterocycles.